The van der Waals surface area contributed by atoms with Gasteiger partial charge in [-0.3, -0.25) is 10.1 Å². The molecule has 2 aromatic rings. The third kappa shape index (κ3) is 2.70. The van der Waals surface area contributed by atoms with Gasteiger partial charge in [0, 0.05) is 6.07 Å². The molecular weight excluding hydrogens is 268 g/mol. The molecule has 8 nitrogen and oxygen atoms in total. The number of pyridine rings is 1. The number of thioether (sulfide) groups is 1. The molecule has 0 saturated heterocycles. The van der Waals surface area contributed by atoms with Crippen LogP contribution in [0.3, 0.4) is 0 Å². The number of tetrazole rings is 1. The minimum atomic E-state index is -0.463. The average Bonchev–Trinajstić information content (AvgIpc) is 3.16. The van der Waals surface area contributed by atoms with E-state index in [1.807, 2.05) is 4.68 Å². The van der Waals surface area contributed by atoms with E-state index in [-0.39, 0.29) is 5.69 Å². The summed E-state index contributed by atoms with van der Waals surface area (Å²) in [4.78, 5) is 14.1. The van der Waals surface area contributed by atoms with Crippen LogP contribution in [0, 0.1) is 10.1 Å². The molecule has 98 valence electrons. The molecule has 0 aliphatic heterocycles. The molecule has 0 atom stereocenters. The zero-order valence-electron chi connectivity index (χ0n) is 9.84. The first-order chi connectivity index (χ1) is 9.24. The van der Waals surface area contributed by atoms with Crippen molar-refractivity contribution in [2.24, 2.45) is 0 Å². The van der Waals surface area contributed by atoms with E-state index < -0.39 is 4.92 Å². The van der Waals surface area contributed by atoms with Crippen LogP contribution in [0.15, 0.2) is 23.4 Å². The highest BCUT2D eigenvalue weighted by Gasteiger charge is 2.27. The maximum atomic E-state index is 10.5. The van der Waals surface area contributed by atoms with Crippen molar-refractivity contribution < 1.29 is 4.92 Å². The molecule has 1 fully saturated rings. The highest BCUT2D eigenvalue weighted by molar-refractivity contribution is 7.98. The summed E-state index contributed by atoms with van der Waals surface area (Å²) in [6.45, 7) is 0. The summed E-state index contributed by atoms with van der Waals surface area (Å²) in [7, 11) is 0. The SMILES string of the molecule is O=[N+]([O-])c1ccc(SCc2nnnn2C2CC2)nc1. The van der Waals surface area contributed by atoms with Gasteiger partial charge in [-0.05, 0) is 29.3 Å². The Morgan fingerprint density at radius 1 is 1.47 bits per heavy atom. The lowest BCUT2D eigenvalue weighted by molar-refractivity contribution is -0.385. The van der Waals surface area contributed by atoms with E-state index >= 15 is 0 Å². The van der Waals surface area contributed by atoms with Crippen molar-refractivity contribution >= 4 is 17.4 Å². The average molecular weight is 278 g/mol. The van der Waals surface area contributed by atoms with Crippen LogP contribution < -0.4 is 0 Å². The highest BCUT2D eigenvalue weighted by Crippen LogP contribution is 2.35. The zero-order chi connectivity index (χ0) is 13.2. The summed E-state index contributed by atoms with van der Waals surface area (Å²) in [6, 6.07) is 3.52. The van der Waals surface area contributed by atoms with Gasteiger partial charge in [0.1, 0.15) is 6.20 Å². The first kappa shape index (κ1) is 12.0. The summed E-state index contributed by atoms with van der Waals surface area (Å²) in [5, 5.41) is 22.8. The molecule has 2 aromatic heterocycles. The highest BCUT2D eigenvalue weighted by atomic mass is 32.2. The predicted molar refractivity (Wildman–Crippen MR) is 66.5 cm³/mol. The molecule has 0 spiro atoms. The Hall–Kier alpha value is -2.03. The lowest BCUT2D eigenvalue weighted by atomic mass is 10.4. The Labute approximate surface area is 112 Å². The second-order valence-electron chi connectivity index (χ2n) is 4.17. The summed E-state index contributed by atoms with van der Waals surface area (Å²) in [6.07, 6.45) is 3.50. The predicted octanol–water partition coefficient (Wildman–Crippen LogP) is 1.60. The van der Waals surface area contributed by atoms with E-state index in [1.54, 1.807) is 6.07 Å². The van der Waals surface area contributed by atoms with Crippen LogP contribution in [0.5, 0.6) is 0 Å². The van der Waals surface area contributed by atoms with Crippen molar-refractivity contribution in [3.8, 4) is 0 Å². The van der Waals surface area contributed by atoms with Gasteiger partial charge in [-0.2, -0.15) is 0 Å². The smallest absolute Gasteiger partial charge is 0.258 e. The molecule has 0 amide bonds. The van der Waals surface area contributed by atoms with Crippen LogP contribution >= 0.6 is 11.8 Å². The Morgan fingerprint density at radius 3 is 2.95 bits per heavy atom. The summed E-state index contributed by atoms with van der Waals surface area (Å²) in [5.41, 5.74) is -0.00726. The lowest BCUT2D eigenvalue weighted by Crippen LogP contribution is -2.02. The minimum absolute atomic E-state index is 0.00726. The van der Waals surface area contributed by atoms with E-state index in [2.05, 4.69) is 20.5 Å². The van der Waals surface area contributed by atoms with Gasteiger partial charge in [-0.1, -0.05) is 11.8 Å². The fourth-order valence-corrected chi connectivity index (χ4v) is 2.37. The van der Waals surface area contributed by atoms with Gasteiger partial charge in [0.2, 0.25) is 0 Å². The molecule has 0 radical (unpaired) electrons. The third-order valence-electron chi connectivity index (χ3n) is 2.73. The number of hydrogen-bond acceptors (Lipinski definition) is 7. The minimum Gasteiger partial charge on any atom is -0.258 e. The van der Waals surface area contributed by atoms with Crippen molar-refractivity contribution in [1.29, 1.82) is 0 Å². The first-order valence-corrected chi connectivity index (χ1v) is 6.72. The maximum Gasteiger partial charge on any atom is 0.287 e. The van der Waals surface area contributed by atoms with Crippen LogP contribution in [-0.2, 0) is 5.75 Å². The number of rotatable bonds is 5. The van der Waals surface area contributed by atoms with Gasteiger partial charge < -0.3 is 0 Å². The molecule has 3 rings (SSSR count). The van der Waals surface area contributed by atoms with E-state index in [4.69, 9.17) is 0 Å². The van der Waals surface area contributed by atoms with Crippen molar-refractivity contribution in [2.75, 3.05) is 0 Å². The van der Waals surface area contributed by atoms with Gasteiger partial charge in [0.25, 0.3) is 5.69 Å². The lowest BCUT2D eigenvalue weighted by Gasteiger charge is -2.01. The molecule has 0 unspecified atom stereocenters. The Morgan fingerprint density at radius 2 is 2.32 bits per heavy atom. The molecule has 0 aromatic carbocycles. The van der Waals surface area contributed by atoms with E-state index in [0.29, 0.717) is 11.8 Å². The maximum absolute atomic E-state index is 10.5. The molecule has 1 saturated carbocycles. The molecule has 0 bridgehead atoms. The largest absolute Gasteiger partial charge is 0.287 e. The summed E-state index contributed by atoms with van der Waals surface area (Å²) < 4.78 is 1.85. The molecule has 2 heterocycles. The number of hydrogen-bond donors (Lipinski definition) is 0. The zero-order valence-corrected chi connectivity index (χ0v) is 10.7. The van der Waals surface area contributed by atoms with Crippen LogP contribution in [0.2, 0.25) is 0 Å². The van der Waals surface area contributed by atoms with E-state index in [1.165, 1.54) is 24.0 Å². The second-order valence-corrected chi connectivity index (χ2v) is 5.17. The van der Waals surface area contributed by atoms with Gasteiger partial charge in [-0.25, -0.2) is 9.67 Å². The fourth-order valence-electron chi connectivity index (χ4n) is 1.61. The van der Waals surface area contributed by atoms with E-state index in [0.717, 1.165) is 23.7 Å². The van der Waals surface area contributed by atoms with Gasteiger partial charge >= 0.3 is 0 Å². The van der Waals surface area contributed by atoms with Crippen LogP contribution in [0.1, 0.15) is 24.7 Å². The Bertz CT molecular complexity index is 594. The van der Waals surface area contributed by atoms with Crippen molar-refractivity contribution in [3.63, 3.8) is 0 Å². The summed E-state index contributed by atoms with van der Waals surface area (Å²) in [5.74, 6) is 1.42. The van der Waals surface area contributed by atoms with E-state index in [9.17, 15) is 10.1 Å². The topological polar surface area (TPSA) is 99.6 Å². The number of aromatic nitrogens is 5. The molecule has 1 aliphatic carbocycles. The van der Waals surface area contributed by atoms with Crippen LogP contribution in [0.25, 0.3) is 0 Å². The second kappa shape index (κ2) is 4.92. The normalized spacial score (nSPS) is 14.5. The molecule has 19 heavy (non-hydrogen) atoms. The molecule has 0 N–H and O–H groups in total. The molecule has 9 heteroatoms. The van der Waals surface area contributed by atoms with Gasteiger partial charge in [-0.15, -0.1) is 5.10 Å². The fraction of sp³-hybridized carbons (Fsp3) is 0.400. The van der Waals surface area contributed by atoms with Crippen LogP contribution in [0.4, 0.5) is 5.69 Å². The summed E-state index contributed by atoms with van der Waals surface area (Å²) >= 11 is 1.46. The van der Waals surface area contributed by atoms with Crippen molar-refractivity contribution in [1.82, 2.24) is 25.2 Å². The Kier molecular flexibility index (Phi) is 3.11. The molecule has 1 aliphatic rings. The van der Waals surface area contributed by atoms with Gasteiger partial charge in [0.15, 0.2) is 5.82 Å². The standard InChI is InChI=1S/C10H10N6O2S/c17-16(18)8-3-4-10(11-5-8)19-6-9-12-13-14-15(9)7-1-2-7/h3-5,7H,1-2,6H2. The Balaban J connectivity index is 1.65. The number of nitro groups is 1. The quantitative estimate of drug-likeness (QED) is 0.465. The van der Waals surface area contributed by atoms with Gasteiger partial charge in [0.05, 0.1) is 21.7 Å². The third-order valence-corrected chi connectivity index (χ3v) is 3.67. The van der Waals surface area contributed by atoms with Crippen molar-refractivity contribution in [3.05, 3.63) is 34.3 Å². The van der Waals surface area contributed by atoms with Crippen molar-refractivity contribution in [2.45, 2.75) is 29.7 Å². The number of nitrogens with zero attached hydrogens (tertiary/aromatic N) is 6. The first-order valence-electron chi connectivity index (χ1n) is 5.74. The van der Waals surface area contributed by atoms with Crippen LogP contribution in [-0.4, -0.2) is 30.1 Å². The molecular formula is C10H10N6O2S. The monoisotopic (exact) mass is 278 g/mol.